The van der Waals surface area contributed by atoms with Crippen LogP contribution in [0, 0.1) is 0 Å². The molecular weight excluding hydrogens is 272 g/mol. The number of imide groups is 1. The first kappa shape index (κ1) is 15.1. The molecule has 0 spiro atoms. The molecule has 0 bridgehead atoms. The molecule has 0 saturated heterocycles. The number of rotatable bonds is 4. The Labute approximate surface area is 123 Å². The molecule has 1 unspecified atom stereocenters. The van der Waals surface area contributed by atoms with Gasteiger partial charge in [-0.1, -0.05) is 12.1 Å². The maximum absolute atomic E-state index is 11.9. The van der Waals surface area contributed by atoms with E-state index in [9.17, 15) is 9.59 Å². The molecule has 0 radical (unpaired) electrons. The van der Waals surface area contributed by atoms with Crippen molar-refractivity contribution in [3.8, 4) is 5.75 Å². The van der Waals surface area contributed by atoms with Crippen molar-refractivity contribution in [3.63, 3.8) is 0 Å². The van der Waals surface area contributed by atoms with Crippen molar-refractivity contribution >= 4 is 17.5 Å². The van der Waals surface area contributed by atoms with Gasteiger partial charge in [-0.25, -0.2) is 4.79 Å². The maximum Gasteiger partial charge on any atom is 0.323 e. The van der Waals surface area contributed by atoms with Crippen LogP contribution >= 0.6 is 0 Å². The van der Waals surface area contributed by atoms with Crippen molar-refractivity contribution in [2.75, 3.05) is 13.7 Å². The largest absolute Gasteiger partial charge is 0.494 e. The maximum atomic E-state index is 11.9. The fraction of sp³-hybridized carbons (Fsp3) is 0.333. The van der Waals surface area contributed by atoms with Crippen molar-refractivity contribution in [2.24, 2.45) is 0 Å². The standard InChI is InChI=1S/C15H18N2O4/c1-4-21-11-7-5-10(6-8-11)12-9(2)13(18)16-15(19)17-14(12)20-3/h5-8,14H,4H2,1-3H3,(H2,16,17,18,19). The zero-order valence-electron chi connectivity index (χ0n) is 12.2. The smallest absolute Gasteiger partial charge is 0.323 e. The number of hydrogen-bond donors (Lipinski definition) is 2. The van der Waals surface area contributed by atoms with E-state index in [1.165, 1.54) is 7.11 Å². The average molecular weight is 290 g/mol. The second-order valence-electron chi connectivity index (χ2n) is 4.54. The third-order valence-corrected chi connectivity index (χ3v) is 3.21. The SMILES string of the molecule is CCOc1ccc(C2=C(C)C(=O)NC(=O)NC2OC)cc1. The molecule has 6 heteroatoms. The molecule has 3 amide bonds. The molecule has 1 aliphatic rings. The summed E-state index contributed by atoms with van der Waals surface area (Å²) < 4.78 is 10.7. The molecule has 0 saturated carbocycles. The number of benzene rings is 1. The number of amides is 3. The lowest BCUT2D eigenvalue weighted by molar-refractivity contribution is -0.116. The van der Waals surface area contributed by atoms with E-state index < -0.39 is 18.2 Å². The predicted molar refractivity (Wildman–Crippen MR) is 77.7 cm³/mol. The molecule has 21 heavy (non-hydrogen) atoms. The lowest BCUT2D eigenvalue weighted by Gasteiger charge is -2.19. The number of nitrogens with one attached hydrogen (secondary N) is 2. The Balaban J connectivity index is 2.43. The molecule has 112 valence electrons. The summed E-state index contributed by atoms with van der Waals surface area (Å²) in [6.07, 6.45) is -0.686. The first-order valence-corrected chi connectivity index (χ1v) is 6.65. The van der Waals surface area contributed by atoms with E-state index in [-0.39, 0.29) is 0 Å². The number of methoxy groups -OCH3 is 1. The van der Waals surface area contributed by atoms with Gasteiger partial charge < -0.3 is 14.8 Å². The number of carbonyl (C=O) groups excluding carboxylic acids is 2. The second kappa shape index (κ2) is 6.41. The Kier molecular flexibility index (Phi) is 4.59. The van der Waals surface area contributed by atoms with Crippen molar-refractivity contribution < 1.29 is 19.1 Å². The van der Waals surface area contributed by atoms with Gasteiger partial charge in [0.1, 0.15) is 5.75 Å². The van der Waals surface area contributed by atoms with Gasteiger partial charge in [0.25, 0.3) is 5.91 Å². The molecule has 0 fully saturated rings. The lowest BCUT2D eigenvalue weighted by atomic mass is 9.98. The zero-order chi connectivity index (χ0) is 15.4. The van der Waals surface area contributed by atoms with Gasteiger partial charge in [-0.15, -0.1) is 0 Å². The van der Waals surface area contributed by atoms with Crippen LogP contribution < -0.4 is 15.4 Å². The molecule has 1 heterocycles. The van der Waals surface area contributed by atoms with Gasteiger partial charge in [0.15, 0.2) is 6.23 Å². The number of urea groups is 1. The summed E-state index contributed by atoms with van der Waals surface area (Å²) >= 11 is 0. The molecule has 2 N–H and O–H groups in total. The van der Waals surface area contributed by atoms with E-state index in [1.54, 1.807) is 6.92 Å². The summed E-state index contributed by atoms with van der Waals surface area (Å²) in [6, 6.07) is 6.72. The van der Waals surface area contributed by atoms with E-state index in [4.69, 9.17) is 9.47 Å². The summed E-state index contributed by atoms with van der Waals surface area (Å²) in [5, 5.41) is 4.83. The number of hydrogen-bond acceptors (Lipinski definition) is 4. The third-order valence-electron chi connectivity index (χ3n) is 3.21. The third kappa shape index (κ3) is 3.22. The Bertz CT molecular complexity index is 578. The number of carbonyl (C=O) groups is 2. The van der Waals surface area contributed by atoms with E-state index in [2.05, 4.69) is 10.6 Å². The summed E-state index contributed by atoms with van der Waals surface area (Å²) in [5.41, 5.74) is 1.86. The van der Waals surface area contributed by atoms with Crippen LogP contribution in [0.1, 0.15) is 19.4 Å². The fourth-order valence-electron chi connectivity index (χ4n) is 2.19. The number of ether oxygens (including phenoxy) is 2. The van der Waals surface area contributed by atoms with Crippen molar-refractivity contribution in [1.82, 2.24) is 10.6 Å². The first-order valence-electron chi connectivity index (χ1n) is 6.65. The molecule has 1 aliphatic heterocycles. The van der Waals surface area contributed by atoms with Crippen LogP contribution in [0.25, 0.3) is 5.57 Å². The van der Waals surface area contributed by atoms with Gasteiger partial charge in [-0.05, 0) is 31.5 Å². The topological polar surface area (TPSA) is 76.7 Å². The van der Waals surface area contributed by atoms with Crippen molar-refractivity contribution in [2.45, 2.75) is 20.1 Å². The highest BCUT2D eigenvalue weighted by Gasteiger charge is 2.27. The minimum Gasteiger partial charge on any atom is -0.494 e. The predicted octanol–water partition coefficient (Wildman–Crippen LogP) is 1.67. The van der Waals surface area contributed by atoms with Gasteiger partial charge in [0.2, 0.25) is 0 Å². The second-order valence-corrected chi connectivity index (χ2v) is 4.54. The van der Waals surface area contributed by atoms with E-state index in [0.29, 0.717) is 17.8 Å². The first-order chi connectivity index (χ1) is 10.1. The highest BCUT2D eigenvalue weighted by molar-refractivity contribution is 6.10. The minimum absolute atomic E-state index is 0.434. The summed E-state index contributed by atoms with van der Waals surface area (Å²) in [5.74, 6) is 0.312. The highest BCUT2D eigenvalue weighted by atomic mass is 16.5. The molecule has 2 rings (SSSR count). The van der Waals surface area contributed by atoms with Crippen LogP contribution in [0.15, 0.2) is 29.8 Å². The Hall–Kier alpha value is -2.34. The lowest BCUT2D eigenvalue weighted by Crippen LogP contribution is -2.42. The zero-order valence-corrected chi connectivity index (χ0v) is 12.2. The van der Waals surface area contributed by atoms with Crippen LogP contribution in [0.5, 0.6) is 5.75 Å². The van der Waals surface area contributed by atoms with Crippen molar-refractivity contribution in [1.29, 1.82) is 0 Å². The normalized spacial score (nSPS) is 18.9. The Morgan fingerprint density at radius 1 is 1.19 bits per heavy atom. The van der Waals surface area contributed by atoms with Crippen LogP contribution in [0.4, 0.5) is 4.79 Å². The monoisotopic (exact) mass is 290 g/mol. The van der Waals surface area contributed by atoms with E-state index in [1.807, 2.05) is 31.2 Å². The van der Waals surface area contributed by atoms with E-state index in [0.717, 1.165) is 11.3 Å². The van der Waals surface area contributed by atoms with Crippen LogP contribution in [-0.4, -0.2) is 31.9 Å². The minimum atomic E-state index is -0.686. The molecular formula is C15H18N2O4. The molecule has 1 atom stereocenters. The highest BCUT2D eigenvalue weighted by Crippen LogP contribution is 2.26. The van der Waals surface area contributed by atoms with Gasteiger partial charge in [0.05, 0.1) is 6.61 Å². The Morgan fingerprint density at radius 2 is 1.86 bits per heavy atom. The van der Waals surface area contributed by atoms with Crippen LogP contribution in [0.3, 0.4) is 0 Å². The van der Waals surface area contributed by atoms with Crippen molar-refractivity contribution in [3.05, 3.63) is 35.4 Å². The summed E-state index contributed by atoms with van der Waals surface area (Å²) in [6.45, 7) is 4.15. The van der Waals surface area contributed by atoms with E-state index >= 15 is 0 Å². The Morgan fingerprint density at radius 3 is 2.43 bits per heavy atom. The van der Waals surface area contributed by atoms with Gasteiger partial charge >= 0.3 is 6.03 Å². The fourth-order valence-corrected chi connectivity index (χ4v) is 2.19. The quantitative estimate of drug-likeness (QED) is 0.884. The molecule has 1 aromatic carbocycles. The van der Waals surface area contributed by atoms with Gasteiger partial charge in [-0.2, -0.15) is 0 Å². The molecule has 0 aromatic heterocycles. The summed E-state index contributed by atoms with van der Waals surface area (Å²) in [7, 11) is 1.47. The summed E-state index contributed by atoms with van der Waals surface area (Å²) in [4.78, 5) is 23.5. The molecule has 0 aliphatic carbocycles. The van der Waals surface area contributed by atoms with Gasteiger partial charge in [-0.3, -0.25) is 10.1 Å². The molecule has 6 nitrogen and oxygen atoms in total. The average Bonchev–Trinajstić information content (AvgIpc) is 2.57. The van der Waals surface area contributed by atoms with Crippen LogP contribution in [0.2, 0.25) is 0 Å². The van der Waals surface area contributed by atoms with Crippen LogP contribution in [-0.2, 0) is 9.53 Å². The van der Waals surface area contributed by atoms with Gasteiger partial charge in [0, 0.05) is 18.3 Å². The molecule has 1 aromatic rings.